The molecule has 1 aromatic carbocycles. The van der Waals surface area contributed by atoms with Crippen molar-refractivity contribution in [3.8, 4) is 5.88 Å². The third-order valence-corrected chi connectivity index (χ3v) is 8.35. The molecule has 2 fully saturated rings. The maximum absolute atomic E-state index is 13.2. The summed E-state index contributed by atoms with van der Waals surface area (Å²) in [5.41, 5.74) is -1.84. The molecule has 18 heteroatoms. The Morgan fingerprint density at radius 2 is 1.74 bits per heavy atom. The third kappa shape index (κ3) is 7.39. The number of pyridine rings is 1. The van der Waals surface area contributed by atoms with Gasteiger partial charge in [0.25, 0.3) is 12.3 Å². The molecule has 46 heavy (non-hydrogen) atoms. The van der Waals surface area contributed by atoms with E-state index in [2.05, 4.69) is 30.9 Å². The number of anilines is 2. The molecule has 250 valence electrons. The van der Waals surface area contributed by atoms with E-state index in [-0.39, 0.29) is 78.5 Å². The zero-order valence-corrected chi connectivity index (χ0v) is 24.5. The van der Waals surface area contributed by atoms with Crippen LogP contribution in [0.2, 0.25) is 5.02 Å². The predicted octanol–water partition coefficient (Wildman–Crippen LogP) is 6.81. The number of hydrogen-bond donors (Lipinski definition) is 4. The fourth-order valence-corrected chi connectivity index (χ4v) is 5.41. The molecule has 3 aromatic rings. The number of nitrogens with one attached hydrogen (secondary N) is 4. The molecule has 5 rings (SSSR count). The smallest absolute Gasteiger partial charge is 0.403 e. The fraction of sp³-hybridized carbons (Fsp3) is 0.500. The summed E-state index contributed by atoms with van der Waals surface area (Å²) in [4.78, 5) is 36.5. The fourth-order valence-electron chi connectivity index (χ4n) is 5.25. The van der Waals surface area contributed by atoms with Crippen molar-refractivity contribution in [3.63, 3.8) is 0 Å². The van der Waals surface area contributed by atoms with Crippen LogP contribution in [0, 0.1) is 11.3 Å². The van der Waals surface area contributed by atoms with Crippen molar-refractivity contribution >= 4 is 46.2 Å². The Kier molecular flexibility index (Phi) is 9.26. The Morgan fingerprint density at radius 3 is 2.35 bits per heavy atom. The molecule has 0 spiro atoms. The van der Waals surface area contributed by atoms with Crippen LogP contribution < -0.4 is 20.7 Å². The van der Waals surface area contributed by atoms with E-state index in [4.69, 9.17) is 16.3 Å². The van der Waals surface area contributed by atoms with Crippen molar-refractivity contribution in [1.29, 1.82) is 0 Å². The summed E-state index contributed by atoms with van der Waals surface area (Å²) >= 11 is 6.28. The lowest BCUT2D eigenvalue weighted by Crippen LogP contribution is -2.40. The highest BCUT2D eigenvalue weighted by atomic mass is 35.5. The molecular weight excluding hydrogens is 656 g/mol. The van der Waals surface area contributed by atoms with Gasteiger partial charge in [0.1, 0.15) is 11.0 Å². The number of alkyl halides is 8. The molecule has 2 aliphatic carbocycles. The number of hydrogen-bond acceptors (Lipinski definition) is 6. The number of fused-ring (bicyclic) bond motifs is 1. The Labute approximate surface area is 260 Å². The van der Waals surface area contributed by atoms with E-state index in [1.54, 1.807) is 0 Å². The minimum absolute atomic E-state index is 0.0300. The highest BCUT2D eigenvalue weighted by Crippen LogP contribution is 2.57. The Balaban J connectivity index is 1.31. The number of H-pyrrole nitrogens is 1. The van der Waals surface area contributed by atoms with E-state index in [0.29, 0.717) is 5.56 Å². The van der Waals surface area contributed by atoms with E-state index < -0.39 is 60.5 Å². The first-order valence-corrected chi connectivity index (χ1v) is 14.5. The van der Waals surface area contributed by atoms with Crippen LogP contribution in [0.15, 0.2) is 24.3 Å². The van der Waals surface area contributed by atoms with Gasteiger partial charge in [-0.25, -0.2) is 8.78 Å². The lowest BCUT2D eigenvalue weighted by Gasteiger charge is -2.30. The molecule has 0 aliphatic heterocycles. The van der Waals surface area contributed by atoms with Gasteiger partial charge in [0, 0.05) is 12.6 Å². The lowest BCUT2D eigenvalue weighted by atomic mass is 9.85. The van der Waals surface area contributed by atoms with E-state index in [1.807, 2.05) is 0 Å². The monoisotopic (exact) mass is 682 g/mol. The molecular formula is C28H27ClF8N6O3. The molecule has 0 bridgehead atoms. The van der Waals surface area contributed by atoms with Gasteiger partial charge in [-0.15, -0.1) is 0 Å². The maximum atomic E-state index is 13.2. The first-order valence-electron chi connectivity index (χ1n) is 14.2. The van der Waals surface area contributed by atoms with Crippen LogP contribution in [0.25, 0.3) is 11.2 Å². The minimum Gasteiger partial charge on any atom is -0.471 e. The molecule has 2 aliphatic rings. The molecule has 0 atom stereocenters. The van der Waals surface area contributed by atoms with Crippen LogP contribution in [-0.2, 0) is 11.3 Å². The molecule has 0 unspecified atom stereocenters. The molecule has 2 amide bonds. The van der Waals surface area contributed by atoms with Gasteiger partial charge in [0.15, 0.2) is 12.3 Å². The van der Waals surface area contributed by atoms with E-state index in [0.717, 1.165) is 0 Å². The first kappa shape index (κ1) is 33.5. The average Bonchev–Trinajstić information content (AvgIpc) is 3.71. The topological polar surface area (TPSA) is 121 Å². The van der Waals surface area contributed by atoms with Gasteiger partial charge in [-0.2, -0.15) is 36.3 Å². The summed E-state index contributed by atoms with van der Waals surface area (Å²) in [6, 6.07) is 5.10. The van der Waals surface area contributed by atoms with Crippen molar-refractivity contribution in [2.24, 2.45) is 11.3 Å². The number of carbonyl (C=O) groups is 2. The third-order valence-electron chi connectivity index (χ3n) is 8.02. The van der Waals surface area contributed by atoms with E-state index in [9.17, 15) is 44.7 Å². The number of aromatic nitrogens is 3. The van der Waals surface area contributed by atoms with E-state index >= 15 is 0 Å². The van der Waals surface area contributed by atoms with Gasteiger partial charge in [0.05, 0.1) is 22.1 Å². The van der Waals surface area contributed by atoms with Gasteiger partial charge in [-0.3, -0.25) is 9.59 Å². The molecule has 0 radical (unpaired) electrons. The predicted molar refractivity (Wildman–Crippen MR) is 149 cm³/mol. The Hall–Kier alpha value is -3.89. The number of halogens is 9. The molecule has 2 heterocycles. The molecule has 2 aromatic heterocycles. The van der Waals surface area contributed by atoms with Gasteiger partial charge < -0.3 is 25.7 Å². The van der Waals surface area contributed by atoms with Crippen LogP contribution in [0.4, 0.5) is 46.8 Å². The largest absolute Gasteiger partial charge is 0.471 e. The lowest BCUT2D eigenvalue weighted by molar-refractivity contribution is -0.192. The molecule has 4 N–H and O–H groups in total. The van der Waals surface area contributed by atoms with Gasteiger partial charge in [-0.1, -0.05) is 17.7 Å². The van der Waals surface area contributed by atoms with Crippen molar-refractivity contribution in [2.75, 3.05) is 11.9 Å². The highest BCUT2D eigenvalue weighted by molar-refractivity contribution is 6.33. The van der Waals surface area contributed by atoms with Crippen LogP contribution >= 0.6 is 11.6 Å². The maximum Gasteiger partial charge on any atom is 0.403 e. The second-order valence-electron chi connectivity index (χ2n) is 11.3. The second kappa shape index (κ2) is 12.7. The van der Waals surface area contributed by atoms with Crippen LogP contribution in [-0.4, -0.2) is 58.2 Å². The van der Waals surface area contributed by atoms with Crippen molar-refractivity contribution in [2.45, 2.75) is 69.9 Å². The standard InChI is InChI=1S/C28H27ClF8N6O3/c29-17-6-1-13(11-38-24(45)26(7-8-26)28(35,36)37)9-18(17)40-25-41-19-10-16(23(42-21(19)43-25)46-12-20(30)31)22(44)39-15-4-2-14(3-5-15)27(32,33)34/h1,6,9-10,14-15,20H,2-5,7-8,11-12H2,(H,38,45)(H,39,44)(H2,40,41,42,43). The Morgan fingerprint density at radius 1 is 1.04 bits per heavy atom. The quantitative estimate of drug-likeness (QED) is 0.175. The number of carbonyl (C=O) groups excluding carboxylic acids is 2. The van der Waals surface area contributed by atoms with Crippen LogP contribution in [0.5, 0.6) is 5.88 Å². The SMILES string of the molecule is O=C(NC1CCC(C(F)(F)F)CC1)c1cc2[nH]c(Nc3cc(CNC(=O)C4(C(F)(F)F)CC4)ccc3Cl)nc2nc1OCC(F)F. The second-order valence-corrected chi connectivity index (χ2v) is 11.7. The van der Waals surface area contributed by atoms with Crippen molar-refractivity contribution in [1.82, 2.24) is 25.6 Å². The number of aromatic amines is 1. The highest BCUT2D eigenvalue weighted by Gasteiger charge is 2.68. The van der Waals surface area contributed by atoms with Crippen LogP contribution in [0.1, 0.15) is 54.4 Å². The van der Waals surface area contributed by atoms with E-state index in [1.165, 1.54) is 24.3 Å². The zero-order chi connectivity index (χ0) is 33.4. The number of ether oxygens (including phenoxy) is 1. The van der Waals surface area contributed by atoms with Gasteiger partial charge >= 0.3 is 12.4 Å². The molecule has 0 saturated heterocycles. The van der Waals surface area contributed by atoms with Gasteiger partial charge in [0.2, 0.25) is 17.7 Å². The number of imidazole rings is 1. The molecule has 9 nitrogen and oxygen atoms in total. The number of benzene rings is 1. The van der Waals surface area contributed by atoms with Crippen LogP contribution in [0.3, 0.4) is 0 Å². The van der Waals surface area contributed by atoms with Crippen molar-refractivity contribution in [3.05, 3.63) is 40.4 Å². The summed E-state index contributed by atoms with van der Waals surface area (Å²) in [7, 11) is 0. The average molecular weight is 683 g/mol. The number of amides is 2. The Bertz CT molecular complexity index is 1600. The summed E-state index contributed by atoms with van der Waals surface area (Å²) in [6.45, 7) is -1.31. The summed E-state index contributed by atoms with van der Waals surface area (Å²) < 4.78 is 110. The zero-order valence-electron chi connectivity index (χ0n) is 23.7. The number of rotatable bonds is 10. The number of nitrogens with zero attached hydrogens (tertiary/aromatic N) is 2. The first-order chi connectivity index (χ1) is 21.6. The summed E-state index contributed by atoms with van der Waals surface area (Å²) in [5.74, 6) is -3.80. The minimum atomic E-state index is -4.65. The normalized spacial score (nSPS) is 19.6. The summed E-state index contributed by atoms with van der Waals surface area (Å²) in [5, 5.41) is 7.98. The molecule has 2 saturated carbocycles. The summed E-state index contributed by atoms with van der Waals surface area (Å²) in [6.07, 6.45) is -12.6. The van der Waals surface area contributed by atoms with Gasteiger partial charge in [-0.05, 0) is 62.3 Å². The van der Waals surface area contributed by atoms with Crippen molar-refractivity contribution < 1.29 is 49.4 Å².